The van der Waals surface area contributed by atoms with E-state index >= 15 is 0 Å². The molecule has 0 aromatic heterocycles. The molecular formula is C21H20ClNOS. The molecule has 0 spiro atoms. The lowest BCUT2D eigenvalue weighted by Crippen LogP contribution is -2.25. The van der Waals surface area contributed by atoms with Gasteiger partial charge in [-0.15, -0.1) is 11.8 Å². The van der Waals surface area contributed by atoms with Crippen LogP contribution in [0, 0.1) is 0 Å². The lowest BCUT2D eigenvalue weighted by Gasteiger charge is -2.08. The highest BCUT2D eigenvalue weighted by Gasteiger charge is 2.05. The number of halogens is 1. The van der Waals surface area contributed by atoms with Crippen molar-refractivity contribution in [1.29, 1.82) is 0 Å². The van der Waals surface area contributed by atoms with E-state index < -0.39 is 0 Å². The summed E-state index contributed by atoms with van der Waals surface area (Å²) in [6.45, 7) is 0.668. The largest absolute Gasteiger partial charge is 0.355 e. The minimum Gasteiger partial charge on any atom is -0.355 e. The summed E-state index contributed by atoms with van der Waals surface area (Å²) in [5.41, 5.74) is 1.23. The quantitative estimate of drug-likeness (QED) is 0.450. The first-order valence-electron chi connectivity index (χ1n) is 8.34. The van der Waals surface area contributed by atoms with Crippen LogP contribution in [0.1, 0.15) is 12.0 Å². The first kappa shape index (κ1) is 17.8. The maximum absolute atomic E-state index is 12.1. The predicted octanol–water partition coefficient (Wildman–Crippen LogP) is 5.33. The van der Waals surface area contributed by atoms with Crippen LogP contribution < -0.4 is 5.32 Å². The lowest BCUT2D eigenvalue weighted by molar-refractivity contribution is -0.120. The number of hydrogen-bond acceptors (Lipinski definition) is 2. The van der Waals surface area contributed by atoms with Crippen LogP contribution in [0.4, 0.5) is 0 Å². The Morgan fingerprint density at radius 1 is 0.960 bits per heavy atom. The average molecular weight is 370 g/mol. The van der Waals surface area contributed by atoms with E-state index in [1.165, 1.54) is 16.3 Å². The van der Waals surface area contributed by atoms with Crippen molar-refractivity contribution in [2.75, 3.05) is 12.3 Å². The van der Waals surface area contributed by atoms with Crippen LogP contribution in [-0.2, 0) is 11.2 Å². The fourth-order valence-corrected chi connectivity index (χ4v) is 3.63. The molecule has 0 aliphatic rings. The zero-order chi connectivity index (χ0) is 17.5. The predicted molar refractivity (Wildman–Crippen MR) is 107 cm³/mol. The number of carbonyl (C=O) groups is 1. The summed E-state index contributed by atoms with van der Waals surface area (Å²) < 4.78 is 0. The second kappa shape index (κ2) is 8.93. The van der Waals surface area contributed by atoms with E-state index in [4.69, 9.17) is 11.6 Å². The average Bonchev–Trinajstić information content (AvgIpc) is 2.65. The maximum atomic E-state index is 12.1. The van der Waals surface area contributed by atoms with Crippen molar-refractivity contribution in [3.8, 4) is 0 Å². The van der Waals surface area contributed by atoms with E-state index in [0.29, 0.717) is 13.0 Å². The number of fused-ring (bicyclic) bond motifs is 1. The molecule has 0 saturated heterocycles. The molecule has 25 heavy (non-hydrogen) atoms. The van der Waals surface area contributed by atoms with Gasteiger partial charge in [-0.1, -0.05) is 54.1 Å². The number of nitrogens with one attached hydrogen (secondary N) is 1. The Kier molecular flexibility index (Phi) is 6.37. The molecule has 0 atom stereocenters. The van der Waals surface area contributed by atoms with Gasteiger partial charge in [0.05, 0.1) is 0 Å². The summed E-state index contributed by atoms with van der Waals surface area (Å²) in [5.74, 6) is 0.950. The summed E-state index contributed by atoms with van der Waals surface area (Å²) in [5, 5.41) is 6.19. The highest BCUT2D eigenvalue weighted by molar-refractivity contribution is 7.99. The second-order valence-electron chi connectivity index (χ2n) is 5.79. The first-order chi connectivity index (χ1) is 12.2. The summed E-state index contributed by atoms with van der Waals surface area (Å²) >= 11 is 7.58. The topological polar surface area (TPSA) is 29.1 Å². The van der Waals surface area contributed by atoms with Crippen molar-refractivity contribution < 1.29 is 4.79 Å². The Labute approximate surface area is 157 Å². The fourth-order valence-electron chi connectivity index (χ4n) is 2.74. The minimum atomic E-state index is 0.102. The molecule has 1 N–H and O–H groups in total. The van der Waals surface area contributed by atoms with Crippen molar-refractivity contribution >= 4 is 40.0 Å². The van der Waals surface area contributed by atoms with Gasteiger partial charge in [0, 0.05) is 28.6 Å². The van der Waals surface area contributed by atoms with Gasteiger partial charge in [0.2, 0.25) is 5.91 Å². The van der Waals surface area contributed by atoms with Crippen molar-refractivity contribution in [3.05, 3.63) is 77.3 Å². The molecule has 0 radical (unpaired) electrons. The number of aryl methyl sites for hydroxylation is 1. The minimum absolute atomic E-state index is 0.102. The molecule has 0 unspecified atom stereocenters. The molecule has 0 heterocycles. The Morgan fingerprint density at radius 2 is 1.72 bits per heavy atom. The van der Waals surface area contributed by atoms with E-state index in [1.54, 1.807) is 11.8 Å². The smallest absolute Gasteiger partial charge is 0.220 e. The third-order valence-electron chi connectivity index (χ3n) is 4.01. The third-order valence-corrected chi connectivity index (χ3v) is 5.27. The Balaban J connectivity index is 1.42. The van der Waals surface area contributed by atoms with Gasteiger partial charge < -0.3 is 5.32 Å². The molecule has 3 aromatic carbocycles. The van der Waals surface area contributed by atoms with Crippen LogP contribution in [0.3, 0.4) is 0 Å². The number of benzene rings is 3. The molecule has 0 saturated carbocycles. The van der Waals surface area contributed by atoms with Gasteiger partial charge in [-0.25, -0.2) is 0 Å². The van der Waals surface area contributed by atoms with Gasteiger partial charge in [0.15, 0.2) is 0 Å². The van der Waals surface area contributed by atoms with E-state index in [2.05, 4.69) is 35.6 Å². The summed E-state index contributed by atoms with van der Waals surface area (Å²) in [7, 11) is 0. The molecule has 2 nitrogen and oxygen atoms in total. The Hall–Kier alpha value is -1.97. The summed E-state index contributed by atoms with van der Waals surface area (Å²) in [4.78, 5) is 13.2. The van der Waals surface area contributed by atoms with Crippen LogP contribution in [-0.4, -0.2) is 18.2 Å². The lowest BCUT2D eigenvalue weighted by atomic mass is 10.0. The fraction of sp³-hybridized carbons (Fsp3) is 0.190. The van der Waals surface area contributed by atoms with Crippen LogP contribution in [0.5, 0.6) is 0 Å². The van der Waals surface area contributed by atoms with Crippen molar-refractivity contribution in [3.63, 3.8) is 0 Å². The number of amides is 1. The number of rotatable bonds is 7. The number of hydrogen-bond donors (Lipinski definition) is 1. The molecule has 4 heteroatoms. The number of carbonyl (C=O) groups excluding carboxylic acids is 1. The highest BCUT2D eigenvalue weighted by atomic mass is 35.5. The van der Waals surface area contributed by atoms with E-state index in [-0.39, 0.29) is 5.91 Å². The van der Waals surface area contributed by atoms with Gasteiger partial charge in [0.1, 0.15) is 0 Å². The number of thioether (sulfide) groups is 1. The standard InChI is InChI=1S/C21H20ClNOS/c22-18-9-11-19(12-10-18)25-15-14-23-21(24)13-8-17-6-3-5-16-4-1-2-7-20(16)17/h1-7,9-12H,8,13-15H2,(H,23,24). The monoisotopic (exact) mass is 369 g/mol. The van der Waals surface area contributed by atoms with Gasteiger partial charge in [-0.3, -0.25) is 4.79 Å². The van der Waals surface area contributed by atoms with Gasteiger partial charge in [-0.2, -0.15) is 0 Å². The highest BCUT2D eigenvalue weighted by Crippen LogP contribution is 2.20. The van der Waals surface area contributed by atoms with Crippen molar-refractivity contribution in [1.82, 2.24) is 5.32 Å². The van der Waals surface area contributed by atoms with E-state index in [0.717, 1.165) is 22.1 Å². The zero-order valence-corrected chi connectivity index (χ0v) is 15.4. The van der Waals surface area contributed by atoms with Crippen LogP contribution in [0.15, 0.2) is 71.6 Å². The molecule has 3 aromatic rings. The van der Waals surface area contributed by atoms with E-state index in [9.17, 15) is 4.79 Å². The van der Waals surface area contributed by atoms with Gasteiger partial charge in [0.25, 0.3) is 0 Å². The third kappa shape index (κ3) is 5.25. The molecule has 0 fully saturated rings. The normalized spacial score (nSPS) is 10.8. The van der Waals surface area contributed by atoms with Gasteiger partial charge >= 0.3 is 0 Å². The van der Waals surface area contributed by atoms with Crippen LogP contribution in [0.25, 0.3) is 10.8 Å². The SMILES string of the molecule is O=C(CCc1cccc2ccccc12)NCCSc1ccc(Cl)cc1. The summed E-state index contributed by atoms with van der Waals surface area (Å²) in [6.07, 6.45) is 1.27. The molecule has 1 amide bonds. The molecule has 0 bridgehead atoms. The molecule has 0 aliphatic carbocycles. The molecular weight excluding hydrogens is 350 g/mol. The zero-order valence-electron chi connectivity index (χ0n) is 13.9. The van der Waals surface area contributed by atoms with Gasteiger partial charge in [-0.05, 0) is 47.0 Å². The molecule has 0 aliphatic heterocycles. The first-order valence-corrected chi connectivity index (χ1v) is 9.70. The van der Waals surface area contributed by atoms with Crippen LogP contribution in [0.2, 0.25) is 5.02 Å². The Morgan fingerprint density at radius 3 is 2.56 bits per heavy atom. The second-order valence-corrected chi connectivity index (χ2v) is 7.40. The van der Waals surface area contributed by atoms with Crippen LogP contribution >= 0.6 is 23.4 Å². The van der Waals surface area contributed by atoms with Crippen molar-refractivity contribution in [2.24, 2.45) is 0 Å². The maximum Gasteiger partial charge on any atom is 0.220 e. The molecule has 3 rings (SSSR count). The van der Waals surface area contributed by atoms with E-state index in [1.807, 2.05) is 36.4 Å². The van der Waals surface area contributed by atoms with Crippen molar-refractivity contribution in [2.45, 2.75) is 17.7 Å². The molecule has 128 valence electrons. The Bertz CT molecular complexity index is 843. The summed E-state index contributed by atoms with van der Waals surface area (Å²) in [6, 6.07) is 22.3.